The van der Waals surface area contributed by atoms with E-state index in [1.807, 2.05) is 6.92 Å². The molecule has 1 aromatic heterocycles. The van der Waals surface area contributed by atoms with Gasteiger partial charge in [-0.15, -0.1) is 0 Å². The Balaban J connectivity index is 1.99. The monoisotopic (exact) mass is 285 g/mol. The molecule has 1 N–H and O–H groups in total. The highest BCUT2D eigenvalue weighted by Crippen LogP contribution is 2.15. The molecule has 0 spiro atoms. The van der Waals surface area contributed by atoms with E-state index in [1.165, 1.54) is 10.9 Å². The largest absolute Gasteiger partial charge is 0.311 e. The van der Waals surface area contributed by atoms with E-state index >= 15 is 0 Å². The fourth-order valence-corrected chi connectivity index (χ4v) is 2.77. The lowest BCUT2D eigenvalue weighted by atomic mass is 10.0. The van der Waals surface area contributed by atoms with Crippen molar-refractivity contribution < 1.29 is 0 Å². The normalized spacial score (nSPS) is 13.3. The molecule has 1 aromatic carbocycles. The van der Waals surface area contributed by atoms with Gasteiger partial charge in [0.15, 0.2) is 0 Å². The molecule has 2 rings (SSSR count). The van der Waals surface area contributed by atoms with Gasteiger partial charge in [0.2, 0.25) is 0 Å². The van der Waals surface area contributed by atoms with Crippen LogP contribution in [-0.4, -0.2) is 36.6 Å². The number of nitrogens with zero attached hydrogens (tertiary/aromatic N) is 2. The van der Waals surface area contributed by atoms with Crippen molar-refractivity contribution in [1.82, 2.24) is 15.2 Å². The number of aryl methyl sites for hydroxylation is 1. The summed E-state index contributed by atoms with van der Waals surface area (Å²) in [5.74, 6) is 0.649. The molecule has 0 aliphatic heterocycles. The lowest BCUT2D eigenvalue weighted by molar-refractivity contribution is 0.224. The second-order valence-electron chi connectivity index (χ2n) is 6.39. The highest BCUT2D eigenvalue weighted by molar-refractivity contribution is 5.79. The number of hydrogen-bond donors (Lipinski definition) is 1. The molecule has 114 valence electrons. The molecule has 0 bridgehead atoms. The molecule has 1 unspecified atom stereocenters. The predicted molar refractivity (Wildman–Crippen MR) is 90.5 cm³/mol. The molecule has 2 aromatic rings. The maximum atomic E-state index is 4.54. The van der Waals surface area contributed by atoms with Gasteiger partial charge in [-0.2, -0.15) is 0 Å². The van der Waals surface area contributed by atoms with Crippen molar-refractivity contribution in [1.29, 1.82) is 0 Å². The van der Waals surface area contributed by atoms with Gasteiger partial charge in [0.05, 0.1) is 5.52 Å². The quantitative estimate of drug-likeness (QED) is 0.883. The maximum Gasteiger partial charge on any atom is 0.0705 e. The molecule has 21 heavy (non-hydrogen) atoms. The number of hydrogen-bond acceptors (Lipinski definition) is 3. The zero-order valence-electron chi connectivity index (χ0n) is 13.9. The van der Waals surface area contributed by atoms with E-state index in [1.54, 1.807) is 0 Å². The number of pyridine rings is 1. The van der Waals surface area contributed by atoms with Crippen molar-refractivity contribution >= 4 is 10.9 Å². The van der Waals surface area contributed by atoms with E-state index in [4.69, 9.17) is 0 Å². The third kappa shape index (κ3) is 4.26. The van der Waals surface area contributed by atoms with Gasteiger partial charge in [0, 0.05) is 30.2 Å². The van der Waals surface area contributed by atoms with Crippen LogP contribution in [0.3, 0.4) is 0 Å². The molecule has 3 heteroatoms. The standard InChI is InChI=1S/C18H27N3/c1-13(2)18(21(4)5)12-19-11-15-7-9-17-16(10-15)8-6-14(3)20-17/h6-10,13,18-19H,11-12H2,1-5H3. The van der Waals surface area contributed by atoms with Crippen molar-refractivity contribution in [2.24, 2.45) is 5.92 Å². The predicted octanol–water partition coefficient (Wildman–Crippen LogP) is 3.22. The third-order valence-electron chi connectivity index (χ3n) is 4.01. The second-order valence-corrected chi connectivity index (χ2v) is 6.39. The second kappa shape index (κ2) is 7.01. The fraction of sp³-hybridized carbons (Fsp3) is 0.500. The van der Waals surface area contributed by atoms with Crippen LogP contribution >= 0.6 is 0 Å². The smallest absolute Gasteiger partial charge is 0.0705 e. The highest BCUT2D eigenvalue weighted by Gasteiger charge is 2.14. The van der Waals surface area contributed by atoms with E-state index in [-0.39, 0.29) is 0 Å². The van der Waals surface area contributed by atoms with Crippen molar-refractivity contribution in [2.75, 3.05) is 20.6 Å². The van der Waals surface area contributed by atoms with Crippen LogP contribution in [0, 0.1) is 12.8 Å². The zero-order chi connectivity index (χ0) is 15.4. The minimum atomic E-state index is 0.565. The zero-order valence-corrected chi connectivity index (χ0v) is 13.9. The first-order chi connectivity index (χ1) is 9.97. The van der Waals surface area contributed by atoms with E-state index in [9.17, 15) is 0 Å². The van der Waals surface area contributed by atoms with E-state index in [2.05, 4.69) is 73.5 Å². The van der Waals surface area contributed by atoms with Gasteiger partial charge >= 0.3 is 0 Å². The van der Waals surface area contributed by atoms with Crippen LogP contribution in [0.2, 0.25) is 0 Å². The Morgan fingerprint density at radius 2 is 1.90 bits per heavy atom. The van der Waals surface area contributed by atoms with Crippen LogP contribution < -0.4 is 5.32 Å². The van der Waals surface area contributed by atoms with Gasteiger partial charge in [-0.05, 0) is 50.7 Å². The lowest BCUT2D eigenvalue weighted by Gasteiger charge is -2.28. The first kappa shape index (κ1) is 15.9. The van der Waals surface area contributed by atoms with E-state index in [0.29, 0.717) is 12.0 Å². The molecule has 3 nitrogen and oxygen atoms in total. The third-order valence-corrected chi connectivity index (χ3v) is 4.01. The number of benzene rings is 1. The minimum absolute atomic E-state index is 0.565. The van der Waals surface area contributed by atoms with Crippen LogP contribution in [0.5, 0.6) is 0 Å². The Morgan fingerprint density at radius 3 is 2.57 bits per heavy atom. The van der Waals surface area contributed by atoms with Gasteiger partial charge in [0.1, 0.15) is 0 Å². The minimum Gasteiger partial charge on any atom is -0.311 e. The van der Waals surface area contributed by atoms with Crippen LogP contribution in [0.1, 0.15) is 25.1 Å². The van der Waals surface area contributed by atoms with Crippen LogP contribution in [0.25, 0.3) is 10.9 Å². The fourth-order valence-electron chi connectivity index (χ4n) is 2.77. The van der Waals surface area contributed by atoms with Crippen molar-refractivity contribution in [3.63, 3.8) is 0 Å². The van der Waals surface area contributed by atoms with Crippen molar-refractivity contribution in [3.05, 3.63) is 41.6 Å². The summed E-state index contributed by atoms with van der Waals surface area (Å²) in [6.07, 6.45) is 0. The van der Waals surface area contributed by atoms with E-state index < -0.39 is 0 Å². The molecule has 0 fully saturated rings. The first-order valence-corrected chi connectivity index (χ1v) is 7.71. The van der Waals surface area contributed by atoms with Gasteiger partial charge < -0.3 is 10.2 Å². The van der Waals surface area contributed by atoms with Gasteiger partial charge in [-0.25, -0.2) is 0 Å². The molecule has 0 amide bonds. The number of likely N-dealkylation sites (N-methyl/N-ethyl adjacent to an activating group) is 1. The molecule has 0 radical (unpaired) electrons. The average molecular weight is 285 g/mol. The molecule has 0 saturated heterocycles. The van der Waals surface area contributed by atoms with Gasteiger partial charge in [-0.1, -0.05) is 26.0 Å². The Bertz CT molecular complexity index is 582. The maximum absolute atomic E-state index is 4.54. The Labute approximate surface area is 128 Å². The number of aromatic nitrogens is 1. The summed E-state index contributed by atoms with van der Waals surface area (Å²) >= 11 is 0. The molecule has 0 aliphatic carbocycles. The Morgan fingerprint density at radius 1 is 1.14 bits per heavy atom. The number of nitrogens with one attached hydrogen (secondary N) is 1. The summed E-state index contributed by atoms with van der Waals surface area (Å²) in [6, 6.07) is 11.3. The van der Waals surface area contributed by atoms with Gasteiger partial charge in [0.25, 0.3) is 0 Å². The van der Waals surface area contributed by atoms with Crippen LogP contribution in [0.4, 0.5) is 0 Å². The highest BCUT2D eigenvalue weighted by atomic mass is 15.1. The summed E-state index contributed by atoms with van der Waals surface area (Å²) in [7, 11) is 4.30. The van der Waals surface area contributed by atoms with Crippen LogP contribution in [0.15, 0.2) is 30.3 Å². The summed E-state index contributed by atoms with van der Waals surface area (Å²) in [5.41, 5.74) is 3.46. The van der Waals surface area contributed by atoms with E-state index in [0.717, 1.165) is 24.3 Å². The Kier molecular flexibility index (Phi) is 5.32. The first-order valence-electron chi connectivity index (χ1n) is 7.71. The summed E-state index contributed by atoms with van der Waals surface area (Å²) in [6.45, 7) is 8.49. The van der Waals surface area contributed by atoms with Crippen molar-refractivity contribution in [2.45, 2.75) is 33.4 Å². The van der Waals surface area contributed by atoms with Crippen molar-refractivity contribution in [3.8, 4) is 0 Å². The molecular weight excluding hydrogens is 258 g/mol. The SMILES string of the molecule is Cc1ccc2cc(CNCC(C(C)C)N(C)C)ccc2n1. The summed E-state index contributed by atoms with van der Waals surface area (Å²) in [5, 5.41) is 4.79. The summed E-state index contributed by atoms with van der Waals surface area (Å²) in [4.78, 5) is 6.84. The molecule has 1 heterocycles. The number of rotatable bonds is 6. The topological polar surface area (TPSA) is 28.2 Å². The number of fused-ring (bicyclic) bond motifs is 1. The molecule has 0 aliphatic rings. The van der Waals surface area contributed by atoms with Crippen LogP contribution in [-0.2, 0) is 6.54 Å². The average Bonchev–Trinajstić information content (AvgIpc) is 2.42. The Hall–Kier alpha value is -1.45. The molecular formula is C18H27N3. The molecule has 0 saturated carbocycles. The van der Waals surface area contributed by atoms with Gasteiger partial charge in [-0.3, -0.25) is 4.98 Å². The lowest BCUT2D eigenvalue weighted by Crippen LogP contribution is -2.41. The summed E-state index contributed by atoms with van der Waals surface area (Å²) < 4.78 is 0. The molecule has 1 atom stereocenters.